The van der Waals surface area contributed by atoms with Gasteiger partial charge in [-0.15, -0.1) is 0 Å². The third-order valence-electron chi connectivity index (χ3n) is 3.65. The highest BCUT2D eigenvalue weighted by atomic mass is 16.5. The maximum absolute atomic E-state index is 12.1. The van der Waals surface area contributed by atoms with Gasteiger partial charge in [-0.1, -0.05) is 36.4 Å². The molecule has 0 radical (unpaired) electrons. The Kier molecular flexibility index (Phi) is 5.68. The number of anilines is 1. The van der Waals surface area contributed by atoms with Crippen LogP contribution in [0.15, 0.2) is 84.9 Å². The average Bonchev–Trinajstić information content (AvgIpc) is 2.69. The van der Waals surface area contributed by atoms with Crippen LogP contribution in [0.25, 0.3) is 6.08 Å². The molecule has 0 fully saturated rings. The minimum atomic E-state index is -0.215. The summed E-state index contributed by atoms with van der Waals surface area (Å²) in [6.45, 7) is 0. The summed E-state index contributed by atoms with van der Waals surface area (Å²) in [6, 6.07) is 24.3. The summed E-state index contributed by atoms with van der Waals surface area (Å²) in [5, 5.41) is 2.82. The number of rotatable bonds is 6. The molecule has 0 bridgehead atoms. The lowest BCUT2D eigenvalue weighted by molar-refractivity contribution is -0.111. The fourth-order valence-corrected chi connectivity index (χ4v) is 2.38. The van der Waals surface area contributed by atoms with E-state index in [0.29, 0.717) is 11.4 Å². The van der Waals surface area contributed by atoms with Gasteiger partial charge in [0.1, 0.15) is 17.2 Å². The second-order valence-corrected chi connectivity index (χ2v) is 5.50. The molecule has 0 heterocycles. The number of carbonyl (C=O) groups is 1. The average molecular weight is 345 g/mol. The highest BCUT2D eigenvalue weighted by molar-refractivity contribution is 6.02. The monoisotopic (exact) mass is 345 g/mol. The van der Waals surface area contributed by atoms with Gasteiger partial charge in [-0.2, -0.15) is 0 Å². The minimum Gasteiger partial charge on any atom is -0.496 e. The molecule has 1 N–H and O–H groups in total. The molecule has 0 aliphatic carbocycles. The molecule has 0 aliphatic rings. The molecule has 0 spiro atoms. The number of methoxy groups -OCH3 is 1. The van der Waals surface area contributed by atoms with Gasteiger partial charge in [0.25, 0.3) is 0 Å². The number of hydrogen-bond acceptors (Lipinski definition) is 3. The molecule has 0 aliphatic heterocycles. The van der Waals surface area contributed by atoms with E-state index in [1.54, 1.807) is 25.3 Å². The summed E-state index contributed by atoms with van der Waals surface area (Å²) in [7, 11) is 1.60. The third-order valence-corrected chi connectivity index (χ3v) is 3.65. The molecular weight excluding hydrogens is 326 g/mol. The summed E-state index contributed by atoms with van der Waals surface area (Å²) in [4.78, 5) is 12.1. The number of ether oxygens (including phenoxy) is 2. The quantitative estimate of drug-likeness (QED) is 0.629. The van der Waals surface area contributed by atoms with E-state index >= 15 is 0 Å². The third kappa shape index (κ3) is 4.74. The van der Waals surface area contributed by atoms with Gasteiger partial charge in [-0.05, 0) is 48.5 Å². The first-order valence-corrected chi connectivity index (χ1v) is 8.19. The molecule has 4 nitrogen and oxygen atoms in total. The van der Waals surface area contributed by atoms with E-state index in [1.165, 1.54) is 6.08 Å². The van der Waals surface area contributed by atoms with Crippen molar-refractivity contribution >= 4 is 17.7 Å². The molecule has 3 aromatic carbocycles. The summed E-state index contributed by atoms with van der Waals surface area (Å²) in [5.74, 6) is 1.98. The van der Waals surface area contributed by atoms with Crippen molar-refractivity contribution in [2.24, 2.45) is 0 Å². The van der Waals surface area contributed by atoms with Gasteiger partial charge in [0.2, 0.25) is 5.91 Å². The molecular formula is C22H19NO3. The lowest BCUT2D eigenvalue weighted by atomic mass is 10.2. The summed E-state index contributed by atoms with van der Waals surface area (Å²) < 4.78 is 11.0. The van der Waals surface area contributed by atoms with Crippen LogP contribution in [-0.2, 0) is 4.79 Å². The van der Waals surface area contributed by atoms with E-state index < -0.39 is 0 Å². The molecule has 0 atom stereocenters. The summed E-state index contributed by atoms with van der Waals surface area (Å²) >= 11 is 0. The van der Waals surface area contributed by atoms with E-state index in [2.05, 4.69) is 5.32 Å². The maximum Gasteiger partial charge on any atom is 0.248 e. The van der Waals surface area contributed by atoms with E-state index in [0.717, 1.165) is 17.1 Å². The van der Waals surface area contributed by atoms with Crippen molar-refractivity contribution in [3.8, 4) is 17.2 Å². The fraction of sp³-hybridized carbons (Fsp3) is 0.0455. The number of benzene rings is 3. The lowest BCUT2D eigenvalue weighted by Gasteiger charge is -2.07. The van der Waals surface area contributed by atoms with E-state index in [-0.39, 0.29) is 5.91 Å². The number of hydrogen-bond donors (Lipinski definition) is 1. The standard InChI is InChI=1S/C22H19NO3/c1-25-21-10-6-5-7-17(21)11-16-22(24)23-18-12-14-20(15-13-18)26-19-8-3-2-4-9-19/h2-16H,1H3,(H,23,24). The molecule has 0 saturated carbocycles. The van der Waals surface area contributed by atoms with Crippen LogP contribution in [0.3, 0.4) is 0 Å². The predicted octanol–water partition coefficient (Wildman–Crippen LogP) is 5.14. The zero-order valence-corrected chi connectivity index (χ0v) is 14.4. The first kappa shape index (κ1) is 17.3. The van der Waals surface area contributed by atoms with Crippen LogP contribution >= 0.6 is 0 Å². The fourth-order valence-electron chi connectivity index (χ4n) is 2.38. The first-order chi connectivity index (χ1) is 12.7. The van der Waals surface area contributed by atoms with Crippen LogP contribution in [0, 0.1) is 0 Å². The molecule has 3 aromatic rings. The van der Waals surface area contributed by atoms with Crippen LogP contribution in [0.1, 0.15) is 5.56 Å². The number of para-hydroxylation sites is 2. The summed E-state index contributed by atoms with van der Waals surface area (Å²) in [5.41, 5.74) is 1.54. The van der Waals surface area contributed by atoms with Crippen LogP contribution in [-0.4, -0.2) is 13.0 Å². The van der Waals surface area contributed by atoms with Gasteiger partial charge in [-0.3, -0.25) is 4.79 Å². The predicted molar refractivity (Wildman–Crippen MR) is 104 cm³/mol. The van der Waals surface area contributed by atoms with Crippen LogP contribution in [0.4, 0.5) is 5.69 Å². The van der Waals surface area contributed by atoms with Crippen LogP contribution in [0.2, 0.25) is 0 Å². The highest BCUT2D eigenvalue weighted by Gasteiger charge is 2.02. The molecule has 4 heteroatoms. The van der Waals surface area contributed by atoms with Crippen molar-refractivity contribution in [3.05, 3.63) is 90.5 Å². The smallest absolute Gasteiger partial charge is 0.248 e. The largest absolute Gasteiger partial charge is 0.496 e. The molecule has 26 heavy (non-hydrogen) atoms. The first-order valence-electron chi connectivity index (χ1n) is 8.19. The number of carbonyl (C=O) groups excluding carboxylic acids is 1. The van der Waals surface area contributed by atoms with Crippen molar-refractivity contribution in [1.29, 1.82) is 0 Å². The van der Waals surface area contributed by atoms with Gasteiger partial charge in [-0.25, -0.2) is 0 Å². The Hall–Kier alpha value is -3.53. The molecule has 130 valence electrons. The van der Waals surface area contributed by atoms with Gasteiger partial charge >= 0.3 is 0 Å². The molecule has 3 rings (SSSR count). The van der Waals surface area contributed by atoms with Gasteiger partial charge in [0.15, 0.2) is 0 Å². The molecule has 1 amide bonds. The van der Waals surface area contributed by atoms with E-state index in [9.17, 15) is 4.79 Å². The van der Waals surface area contributed by atoms with Gasteiger partial charge < -0.3 is 14.8 Å². The van der Waals surface area contributed by atoms with Crippen LogP contribution in [0.5, 0.6) is 17.2 Å². The second-order valence-electron chi connectivity index (χ2n) is 5.50. The van der Waals surface area contributed by atoms with Crippen molar-refractivity contribution < 1.29 is 14.3 Å². The normalized spacial score (nSPS) is 10.5. The molecule has 0 unspecified atom stereocenters. The highest BCUT2D eigenvalue weighted by Crippen LogP contribution is 2.23. The van der Waals surface area contributed by atoms with Crippen molar-refractivity contribution in [1.82, 2.24) is 0 Å². The Morgan fingerprint density at radius 3 is 2.23 bits per heavy atom. The maximum atomic E-state index is 12.1. The Labute approximate surface area is 152 Å². The Bertz CT molecular complexity index is 887. The van der Waals surface area contributed by atoms with Crippen molar-refractivity contribution in [3.63, 3.8) is 0 Å². The zero-order valence-electron chi connectivity index (χ0n) is 14.4. The van der Waals surface area contributed by atoms with Crippen molar-refractivity contribution in [2.75, 3.05) is 12.4 Å². The van der Waals surface area contributed by atoms with E-state index in [4.69, 9.17) is 9.47 Å². The molecule has 0 aromatic heterocycles. The number of amides is 1. The minimum absolute atomic E-state index is 0.215. The van der Waals surface area contributed by atoms with E-state index in [1.807, 2.05) is 66.7 Å². The number of nitrogens with one attached hydrogen (secondary N) is 1. The van der Waals surface area contributed by atoms with Crippen LogP contribution < -0.4 is 14.8 Å². The Morgan fingerprint density at radius 1 is 0.846 bits per heavy atom. The topological polar surface area (TPSA) is 47.6 Å². The van der Waals surface area contributed by atoms with Gasteiger partial charge in [0, 0.05) is 17.3 Å². The zero-order chi connectivity index (χ0) is 18.2. The summed E-state index contributed by atoms with van der Waals surface area (Å²) in [6.07, 6.45) is 3.20. The Morgan fingerprint density at radius 2 is 1.50 bits per heavy atom. The Balaban J connectivity index is 1.60. The lowest BCUT2D eigenvalue weighted by Crippen LogP contribution is -2.07. The van der Waals surface area contributed by atoms with Gasteiger partial charge in [0.05, 0.1) is 7.11 Å². The second kappa shape index (κ2) is 8.53. The molecule has 0 saturated heterocycles. The van der Waals surface area contributed by atoms with Crippen molar-refractivity contribution in [2.45, 2.75) is 0 Å². The SMILES string of the molecule is COc1ccccc1C=CC(=O)Nc1ccc(Oc2ccccc2)cc1.